The number of hydrogen-bond donors (Lipinski definition) is 3. The molecule has 0 saturated heterocycles. The lowest BCUT2D eigenvalue weighted by molar-refractivity contribution is 0.102. The number of rotatable bonds is 6. The molecule has 0 heterocycles. The fourth-order valence-corrected chi connectivity index (χ4v) is 2.96. The molecule has 1 amide bonds. The average molecular weight is 406 g/mol. The van der Waals surface area contributed by atoms with Crippen LogP contribution in [0.2, 0.25) is 0 Å². The largest absolute Gasteiger partial charge is 0.494 e. The Kier molecular flexibility index (Phi) is 6.81. The standard InChI is InChI=1S/C23H23N3O2S/c1-3-28-21-13-11-18(12-14-21)24-22(27)17-7-9-19(10-8-17)25-23(29)26-20-6-4-5-16(2)15-20/h4-15H,3H2,1-2H3,(H,24,27)(H2,25,26,29). The second-order valence-corrected chi connectivity index (χ2v) is 6.85. The molecule has 0 bridgehead atoms. The number of carbonyl (C=O) groups excluding carboxylic acids is 1. The van der Waals surface area contributed by atoms with Crippen LogP contribution in [0.1, 0.15) is 22.8 Å². The summed E-state index contributed by atoms with van der Waals surface area (Å²) in [5, 5.41) is 9.63. The van der Waals surface area contributed by atoms with Gasteiger partial charge in [0, 0.05) is 22.6 Å². The van der Waals surface area contributed by atoms with Crippen LogP contribution in [0.5, 0.6) is 5.75 Å². The molecule has 0 aliphatic rings. The number of aryl methyl sites for hydroxylation is 1. The number of nitrogens with one attached hydrogen (secondary N) is 3. The molecule has 0 unspecified atom stereocenters. The Morgan fingerprint density at radius 2 is 1.48 bits per heavy atom. The summed E-state index contributed by atoms with van der Waals surface area (Å²) in [6.07, 6.45) is 0. The first kappa shape index (κ1) is 20.4. The highest BCUT2D eigenvalue weighted by atomic mass is 32.1. The highest BCUT2D eigenvalue weighted by Gasteiger charge is 2.07. The molecule has 29 heavy (non-hydrogen) atoms. The van der Waals surface area contributed by atoms with Gasteiger partial charge in [-0.1, -0.05) is 12.1 Å². The molecular formula is C23H23N3O2S. The molecule has 6 heteroatoms. The zero-order valence-corrected chi connectivity index (χ0v) is 17.2. The van der Waals surface area contributed by atoms with Crippen molar-refractivity contribution in [1.82, 2.24) is 0 Å². The molecule has 5 nitrogen and oxygen atoms in total. The van der Waals surface area contributed by atoms with Crippen LogP contribution >= 0.6 is 12.2 Å². The minimum atomic E-state index is -0.179. The monoisotopic (exact) mass is 405 g/mol. The summed E-state index contributed by atoms with van der Waals surface area (Å²) in [4.78, 5) is 12.4. The number of ether oxygens (including phenoxy) is 1. The molecule has 0 spiro atoms. The predicted molar refractivity (Wildman–Crippen MR) is 123 cm³/mol. The highest BCUT2D eigenvalue weighted by Crippen LogP contribution is 2.17. The van der Waals surface area contributed by atoms with Gasteiger partial charge in [0.05, 0.1) is 6.61 Å². The molecule has 0 radical (unpaired) electrons. The molecule has 0 aliphatic heterocycles. The van der Waals surface area contributed by atoms with Gasteiger partial charge in [-0.15, -0.1) is 0 Å². The topological polar surface area (TPSA) is 62.4 Å². The van der Waals surface area contributed by atoms with E-state index in [-0.39, 0.29) is 5.91 Å². The summed E-state index contributed by atoms with van der Waals surface area (Å²) < 4.78 is 5.40. The van der Waals surface area contributed by atoms with Gasteiger partial charge < -0.3 is 20.7 Å². The van der Waals surface area contributed by atoms with Gasteiger partial charge in [0.25, 0.3) is 5.91 Å². The van der Waals surface area contributed by atoms with Crippen molar-refractivity contribution >= 4 is 40.3 Å². The number of hydrogen-bond acceptors (Lipinski definition) is 3. The van der Waals surface area contributed by atoms with E-state index >= 15 is 0 Å². The van der Waals surface area contributed by atoms with Crippen molar-refractivity contribution in [1.29, 1.82) is 0 Å². The van der Waals surface area contributed by atoms with E-state index in [1.807, 2.05) is 74.5 Å². The van der Waals surface area contributed by atoms with Crippen LogP contribution in [-0.4, -0.2) is 17.6 Å². The van der Waals surface area contributed by atoms with Gasteiger partial charge >= 0.3 is 0 Å². The maximum atomic E-state index is 12.4. The molecular weight excluding hydrogens is 382 g/mol. The summed E-state index contributed by atoms with van der Waals surface area (Å²) >= 11 is 5.35. The van der Waals surface area contributed by atoms with E-state index in [1.165, 1.54) is 0 Å². The molecule has 0 aromatic heterocycles. The Morgan fingerprint density at radius 1 is 0.862 bits per heavy atom. The smallest absolute Gasteiger partial charge is 0.255 e. The highest BCUT2D eigenvalue weighted by molar-refractivity contribution is 7.80. The Labute approximate surface area is 176 Å². The third kappa shape index (κ3) is 6.05. The fourth-order valence-electron chi connectivity index (χ4n) is 2.73. The van der Waals surface area contributed by atoms with Gasteiger partial charge in [0.15, 0.2) is 5.11 Å². The van der Waals surface area contributed by atoms with Crippen molar-refractivity contribution in [3.63, 3.8) is 0 Å². The normalized spacial score (nSPS) is 10.1. The second-order valence-electron chi connectivity index (χ2n) is 6.44. The Morgan fingerprint density at radius 3 is 2.14 bits per heavy atom. The molecule has 0 fully saturated rings. The van der Waals surface area contributed by atoms with Gasteiger partial charge in [0.2, 0.25) is 0 Å². The molecule has 148 valence electrons. The Balaban J connectivity index is 1.56. The van der Waals surface area contributed by atoms with E-state index in [9.17, 15) is 4.79 Å². The third-order valence-corrected chi connectivity index (χ3v) is 4.31. The molecule has 0 saturated carbocycles. The predicted octanol–water partition coefficient (Wildman–Crippen LogP) is 5.45. The van der Waals surface area contributed by atoms with Crippen LogP contribution in [0, 0.1) is 6.92 Å². The maximum Gasteiger partial charge on any atom is 0.255 e. The summed E-state index contributed by atoms with van der Waals surface area (Å²) in [6, 6.07) is 22.4. The number of anilines is 3. The van der Waals surface area contributed by atoms with E-state index in [0.717, 1.165) is 22.7 Å². The van der Waals surface area contributed by atoms with Crippen LogP contribution in [0.4, 0.5) is 17.1 Å². The first-order chi connectivity index (χ1) is 14.0. The lowest BCUT2D eigenvalue weighted by Crippen LogP contribution is -2.19. The zero-order valence-electron chi connectivity index (χ0n) is 16.4. The summed E-state index contributed by atoms with van der Waals surface area (Å²) in [5.41, 5.74) is 4.15. The quantitative estimate of drug-likeness (QED) is 0.476. The summed E-state index contributed by atoms with van der Waals surface area (Å²) in [6.45, 7) is 4.56. The van der Waals surface area contributed by atoms with E-state index in [2.05, 4.69) is 16.0 Å². The van der Waals surface area contributed by atoms with Gasteiger partial charge in [-0.2, -0.15) is 0 Å². The maximum absolute atomic E-state index is 12.4. The van der Waals surface area contributed by atoms with Crippen molar-refractivity contribution in [3.8, 4) is 5.75 Å². The summed E-state index contributed by atoms with van der Waals surface area (Å²) in [7, 11) is 0. The number of thiocarbonyl (C=S) groups is 1. The molecule has 3 aromatic carbocycles. The van der Waals surface area contributed by atoms with Crippen LogP contribution in [0.15, 0.2) is 72.8 Å². The van der Waals surface area contributed by atoms with E-state index in [1.54, 1.807) is 12.1 Å². The van der Waals surface area contributed by atoms with Crippen LogP contribution in [-0.2, 0) is 0 Å². The SMILES string of the molecule is CCOc1ccc(NC(=O)c2ccc(NC(=S)Nc3cccc(C)c3)cc2)cc1. The van der Waals surface area contributed by atoms with Crippen molar-refractivity contribution in [3.05, 3.63) is 83.9 Å². The second kappa shape index (κ2) is 9.71. The number of carbonyl (C=O) groups is 1. The number of benzene rings is 3. The van der Waals surface area contributed by atoms with Gasteiger partial charge in [-0.05, 0) is 92.3 Å². The molecule has 3 aromatic rings. The van der Waals surface area contributed by atoms with E-state index in [4.69, 9.17) is 17.0 Å². The van der Waals surface area contributed by atoms with Gasteiger partial charge in [0.1, 0.15) is 5.75 Å². The van der Waals surface area contributed by atoms with Crippen LogP contribution in [0.3, 0.4) is 0 Å². The molecule has 0 aliphatic carbocycles. The lowest BCUT2D eigenvalue weighted by Gasteiger charge is -2.12. The minimum Gasteiger partial charge on any atom is -0.494 e. The van der Waals surface area contributed by atoms with Crippen molar-refractivity contribution in [2.45, 2.75) is 13.8 Å². The third-order valence-electron chi connectivity index (χ3n) is 4.10. The van der Waals surface area contributed by atoms with Crippen LogP contribution in [0.25, 0.3) is 0 Å². The number of amides is 1. The summed E-state index contributed by atoms with van der Waals surface area (Å²) in [5.74, 6) is 0.595. The first-order valence-electron chi connectivity index (χ1n) is 9.32. The van der Waals surface area contributed by atoms with Crippen molar-refractivity contribution in [2.24, 2.45) is 0 Å². The zero-order chi connectivity index (χ0) is 20.6. The fraction of sp³-hybridized carbons (Fsp3) is 0.130. The molecule has 3 rings (SSSR count). The lowest BCUT2D eigenvalue weighted by atomic mass is 10.2. The van der Waals surface area contributed by atoms with Crippen molar-refractivity contribution in [2.75, 3.05) is 22.6 Å². The van der Waals surface area contributed by atoms with E-state index < -0.39 is 0 Å². The van der Waals surface area contributed by atoms with E-state index in [0.29, 0.717) is 23.0 Å². The Hall–Kier alpha value is -3.38. The Bertz CT molecular complexity index is 986. The van der Waals surface area contributed by atoms with Crippen molar-refractivity contribution < 1.29 is 9.53 Å². The van der Waals surface area contributed by atoms with Gasteiger partial charge in [-0.25, -0.2) is 0 Å². The molecule has 0 atom stereocenters. The van der Waals surface area contributed by atoms with Crippen LogP contribution < -0.4 is 20.7 Å². The van der Waals surface area contributed by atoms with Gasteiger partial charge in [-0.3, -0.25) is 4.79 Å². The average Bonchev–Trinajstić information content (AvgIpc) is 2.70. The first-order valence-corrected chi connectivity index (χ1v) is 9.73. The molecule has 3 N–H and O–H groups in total. The minimum absolute atomic E-state index is 0.179.